The standard InChI is InChI=1S/C13H20BrN3O/c1-8-12(9(2)17(3)16-8)13(18)15-7-10-5-4-6-11(10)14/h10-11H,4-7H2,1-3H3,(H,15,18). The van der Waals surface area contributed by atoms with Crippen LogP contribution in [0.2, 0.25) is 0 Å². The lowest BCUT2D eigenvalue weighted by atomic mass is 10.1. The van der Waals surface area contributed by atoms with E-state index in [2.05, 4.69) is 26.3 Å². The van der Waals surface area contributed by atoms with Gasteiger partial charge in [-0.1, -0.05) is 22.4 Å². The first-order valence-corrected chi connectivity index (χ1v) is 7.34. The maximum absolute atomic E-state index is 12.2. The van der Waals surface area contributed by atoms with Gasteiger partial charge < -0.3 is 5.32 Å². The highest BCUT2D eigenvalue weighted by atomic mass is 79.9. The SMILES string of the molecule is Cc1nn(C)c(C)c1C(=O)NCC1CCCC1Br. The normalized spacial score (nSPS) is 23.3. The molecule has 1 amide bonds. The minimum Gasteiger partial charge on any atom is -0.352 e. The number of nitrogens with zero attached hydrogens (tertiary/aromatic N) is 2. The van der Waals surface area contributed by atoms with Gasteiger partial charge in [-0.3, -0.25) is 9.48 Å². The Morgan fingerprint density at radius 3 is 2.72 bits per heavy atom. The molecular weight excluding hydrogens is 294 g/mol. The zero-order chi connectivity index (χ0) is 13.3. The summed E-state index contributed by atoms with van der Waals surface area (Å²) in [6.07, 6.45) is 3.66. The summed E-state index contributed by atoms with van der Waals surface area (Å²) < 4.78 is 1.76. The Hall–Kier alpha value is -0.840. The molecule has 1 saturated carbocycles. The van der Waals surface area contributed by atoms with Gasteiger partial charge in [0.05, 0.1) is 11.3 Å². The molecule has 4 nitrogen and oxygen atoms in total. The Morgan fingerprint density at radius 1 is 1.50 bits per heavy atom. The zero-order valence-electron chi connectivity index (χ0n) is 11.2. The predicted octanol–water partition coefficient (Wildman–Crippen LogP) is 2.33. The first kappa shape index (κ1) is 13.6. The van der Waals surface area contributed by atoms with Gasteiger partial charge in [0.25, 0.3) is 5.91 Å². The molecule has 1 aliphatic rings. The number of aromatic nitrogens is 2. The van der Waals surface area contributed by atoms with Crippen molar-refractivity contribution < 1.29 is 4.79 Å². The summed E-state index contributed by atoms with van der Waals surface area (Å²) in [6.45, 7) is 4.56. The van der Waals surface area contributed by atoms with E-state index in [9.17, 15) is 4.79 Å². The Labute approximate surface area is 116 Å². The number of hydrogen-bond acceptors (Lipinski definition) is 2. The lowest BCUT2D eigenvalue weighted by Gasteiger charge is -2.14. The van der Waals surface area contributed by atoms with Crippen LogP contribution < -0.4 is 5.32 Å². The number of alkyl halides is 1. The monoisotopic (exact) mass is 313 g/mol. The van der Waals surface area contributed by atoms with Crippen molar-refractivity contribution in [1.82, 2.24) is 15.1 Å². The van der Waals surface area contributed by atoms with E-state index in [1.807, 2.05) is 20.9 Å². The highest BCUT2D eigenvalue weighted by Crippen LogP contribution is 2.30. The van der Waals surface area contributed by atoms with E-state index < -0.39 is 0 Å². The van der Waals surface area contributed by atoms with Crippen molar-refractivity contribution in [3.05, 3.63) is 17.0 Å². The van der Waals surface area contributed by atoms with E-state index in [4.69, 9.17) is 0 Å². The largest absolute Gasteiger partial charge is 0.352 e. The zero-order valence-corrected chi connectivity index (χ0v) is 12.7. The number of aryl methyl sites for hydroxylation is 2. The molecular formula is C13H20BrN3O. The maximum atomic E-state index is 12.2. The highest BCUT2D eigenvalue weighted by molar-refractivity contribution is 9.09. The van der Waals surface area contributed by atoms with Crippen LogP contribution in [-0.4, -0.2) is 27.1 Å². The Kier molecular flexibility index (Phi) is 4.10. The van der Waals surface area contributed by atoms with Crippen molar-refractivity contribution in [2.24, 2.45) is 13.0 Å². The summed E-state index contributed by atoms with van der Waals surface area (Å²) >= 11 is 3.68. The van der Waals surface area contributed by atoms with Gasteiger partial charge in [-0.15, -0.1) is 0 Å². The van der Waals surface area contributed by atoms with Gasteiger partial charge in [0.1, 0.15) is 0 Å². The molecule has 2 unspecified atom stereocenters. The third kappa shape index (κ3) is 2.60. The molecule has 0 radical (unpaired) electrons. The molecule has 1 heterocycles. The van der Waals surface area contributed by atoms with Crippen LogP contribution in [-0.2, 0) is 7.05 Å². The molecule has 0 aliphatic heterocycles. The lowest BCUT2D eigenvalue weighted by Crippen LogP contribution is -2.31. The third-order valence-electron chi connectivity index (χ3n) is 3.83. The van der Waals surface area contributed by atoms with E-state index in [0.29, 0.717) is 10.7 Å². The molecule has 1 N–H and O–H groups in total. The van der Waals surface area contributed by atoms with Gasteiger partial charge in [0, 0.05) is 24.1 Å². The van der Waals surface area contributed by atoms with Gasteiger partial charge in [-0.25, -0.2) is 0 Å². The van der Waals surface area contributed by atoms with Crippen molar-refractivity contribution in [3.63, 3.8) is 0 Å². The van der Waals surface area contributed by atoms with Gasteiger partial charge >= 0.3 is 0 Å². The summed E-state index contributed by atoms with van der Waals surface area (Å²) in [6, 6.07) is 0. The summed E-state index contributed by atoms with van der Waals surface area (Å²) in [4.78, 5) is 12.7. The molecule has 18 heavy (non-hydrogen) atoms. The number of amides is 1. The van der Waals surface area contributed by atoms with Crippen molar-refractivity contribution in [2.75, 3.05) is 6.54 Å². The average molecular weight is 314 g/mol. The second kappa shape index (κ2) is 5.43. The first-order valence-electron chi connectivity index (χ1n) is 6.43. The van der Waals surface area contributed by atoms with Gasteiger partial charge in [0.15, 0.2) is 0 Å². The molecule has 5 heteroatoms. The van der Waals surface area contributed by atoms with Crippen LogP contribution in [0.5, 0.6) is 0 Å². The molecule has 100 valence electrons. The van der Waals surface area contributed by atoms with Crippen LogP contribution in [0.4, 0.5) is 0 Å². The fourth-order valence-corrected chi connectivity index (χ4v) is 3.41. The molecule has 2 atom stereocenters. The molecule has 0 saturated heterocycles. The molecule has 1 aliphatic carbocycles. The van der Waals surface area contributed by atoms with E-state index in [1.165, 1.54) is 19.3 Å². The van der Waals surface area contributed by atoms with Crippen molar-refractivity contribution in [1.29, 1.82) is 0 Å². The van der Waals surface area contributed by atoms with Crippen molar-refractivity contribution >= 4 is 21.8 Å². The molecule has 1 aromatic rings. The molecule has 0 spiro atoms. The molecule has 2 rings (SSSR count). The van der Waals surface area contributed by atoms with Gasteiger partial charge in [-0.2, -0.15) is 5.10 Å². The summed E-state index contributed by atoms with van der Waals surface area (Å²) in [7, 11) is 1.87. The number of rotatable bonds is 3. The van der Waals surface area contributed by atoms with Gasteiger partial charge in [-0.05, 0) is 32.6 Å². The number of carbonyl (C=O) groups is 1. The quantitative estimate of drug-likeness (QED) is 0.871. The number of nitrogens with one attached hydrogen (secondary N) is 1. The number of halogens is 1. The molecule has 1 aromatic heterocycles. The van der Waals surface area contributed by atoms with E-state index in [-0.39, 0.29) is 5.91 Å². The minimum absolute atomic E-state index is 0.00435. The minimum atomic E-state index is 0.00435. The van der Waals surface area contributed by atoms with Gasteiger partial charge in [0.2, 0.25) is 0 Å². The smallest absolute Gasteiger partial charge is 0.255 e. The van der Waals surface area contributed by atoms with Crippen molar-refractivity contribution in [3.8, 4) is 0 Å². The number of hydrogen-bond donors (Lipinski definition) is 1. The second-order valence-corrected chi connectivity index (χ2v) is 6.26. The molecule has 0 aromatic carbocycles. The molecule has 1 fully saturated rings. The fraction of sp³-hybridized carbons (Fsp3) is 0.692. The van der Waals surface area contributed by atoms with Crippen LogP contribution in [0.15, 0.2) is 0 Å². The predicted molar refractivity (Wildman–Crippen MR) is 75.1 cm³/mol. The summed E-state index contributed by atoms with van der Waals surface area (Å²) in [5.41, 5.74) is 2.45. The topological polar surface area (TPSA) is 46.9 Å². The highest BCUT2D eigenvalue weighted by Gasteiger charge is 2.26. The van der Waals surface area contributed by atoms with E-state index >= 15 is 0 Å². The first-order chi connectivity index (χ1) is 8.50. The van der Waals surface area contributed by atoms with Crippen LogP contribution in [0, 0.1) is 19.8 Å². The van der Waals surface area contributed by atoms with Crippen LogP contribution in [0.3, 0.4) is 0 Å². The Balaban J connectivity index is 1.99. The molecule has 0 bridgehead atoms. The second-order valence-electron chi connectivity index (χ2n) is 5.09. The third-order valence-corrected chi connectivity index (χ3v) is 5.03. The fourth-order valence-electron chi connectivity index (χ4n) is 2.64. The summed E-state index contributed by atoms with van der Waals surface area (Å²) in [5.74, 6) is 0.566. The van der Waals surface area contributed by atoms with Crippen LogP contribution >= 0.6 is 15.9 Å². The van der Waals surface area contributed by atoms with Crippen molar-refractivity contribution in [2.45, 2.75) is 37.9 Å². The Bertz CT molecular complexity index is 455. The van der Waals surface area contributed by atoms with E-state index in [1.54, 1.807) is 4.68 Å². The Morgan fingerprint density at radius 2 is 2.22 bits per heavy atom. The lowest BCUT2D eigenvalue weighted by molar-refractivity contribution is 0.0946. The average Bonchev–Trinajstić information content (AvgIpc) is 2.81. The van der Waals surface area contributed by atoms with Crippen LogP contribution in [0.25, 0.3) is 0 Å². The maximum Gasteiger partial charge on any atom is 0.255 e. The van der Waals surface area contributed by atoms with Crippen LogP contribution in [0.1, 0.15) is 41.0 Å². The number of carbonyl (C=O) groups excluding carboxylic acids is 1. The van der Waals surface area contributed by atoms with E-state index in [0.717, 1.165) is 23.5 Å². The summed E-state index contributed by atoms with van der Waals surface area (Å²) in [5, 5.41) is 7.32.